The topological polar surface area (TPSA) is 38.5 Å². The van der Waals surface area contributed by atoms with E-state index in [1.165, 1.54) is 12.1 Å². The Balaban J connectivity index is 2.95. The number of anilines is 1. The third-order valence-corrected chi connectivity index (χ3v) is 3.07. The van der Waals surface area contributed by atoms with Crippen molar-refractivity contribution >= 4 is 5.69 Å². The van der Waals surface area contributed by atoms with Gasteiger partial charge in [0.15, 0.2) is 0 Å². The van der Waals surface area contributed by atoms with E-state index in [1.807, 2.05) is 18.7 Å². The molecule has 0 aliphatic rings. The van der Waals surface area contributed by atoms with Crippen molar-refractivity contribution in [3.8, 4) is 0 Å². The maximum atomic E-state index is 12.8. The Morgan fingerprint density at radius 3 is 2.45 bits per heavy atom. The fourth-order valence-electron chi connectivity index (χ4n) is 2.01. The second-order valence-corrected chi connectivity index (χ2v) is 4.32. The summed E-state index contributed by atoms with van der Waals surface area (Å²) >= 11 is 0. The van der Waals surface area contributed by atoms with Crippen LogP contribution < -0.4 is 10.6 Å². The lowest BCUT2D eigenvalue weighted by molar-refractivity contribution is -0.138. The van der Waals surface area contributed by atoms with Crippen LogP contribution in [0.1, 0.15) is 25.0 Å². The first-order valence-corrected chi connectivity index (χ1v) is 6.66. The molecule has 6 heteroatoms. The fourth-order valence-corrected chi connectivity index (χ4v) is 2.01. The average Bonchev–Trinajstić information content (AvgIpc) is 2.42. The molecule has 0 spiro atoms. The first-order valence-electron chi connectivity index (χ1n) is 6.66. The van der Waals surface area contributed by atoms with Crippen molar-refractivity contribution in [2.75, 3.05) is 31.2 Å². The molecule has 0 aliphatic carbocycles. The molecule has 114 valence electrons. The molecule has 0 amide bonds. The van der Waals surface area contributed by atoms with Gasteiger partial charge in [-0.25, -0.2) is 0 Å². The lowest BCUT2D eigenvalue weighted by Crippen LogP contribution is -2.27. The molecule has 0 fully saturated rings. The van der Waals surface area contributed by atoms with Crippen LogP contribution in [0.2, 0.25) is 0 Å². The van der Waals surface area contributed by atoms with Gasteiger partial charge in [-0.1, -0.05) is 0 Å². The summed E-state index contributed by atoms with van der Waals surface area (Å²) in [7, 11) is 0. The van der Waals surface area contributed by atoms with E-state index < -0.39 is 11.7 Å². The molecule has 0 bridgehead atoms. The Labute approximate surface area is 117 Å². The van der Waals surface area contributed by atoms with Crippen molar-refractivity contribution in [3.63, 3.8) is 0 Å². The Morgan fingerprint density at radius 1 is 1.25 bits per heavy atom. The van der Waals surface area contributed by atoms with Gasteiger partial charge in [0, 0.05) is 31.9 Å². The van der Waals surface area contributed by atoms with Gasteiger partial charge in [0.2, 0.25) is 0 Å². The normalized spacial score (nSPS) is 11.7. The summed E-state index contributed by atoms with van der Waals surface area (Å²) in [6.45, 7) is 6.22. The van der Waals surface area contributed by atoms with Crippen LogP contribution in [0.15, 0.2) is 18.2 Å². The van der Waals surface area contributed by atoms with Crippen molar-refractivity contribution in [2.24, 2.45) is 5.73 Å². The maximum Gasteiger partial charge on any atom is 0.416 e. The molecular weight excluding hydrogens is 269 g/mol. The van der Waals surface area contributed by atoms with Gasteiger partial charge in [-0.3, -0.25) is 0 Å². The van der Waals surface area contributed by atoms with Crippen LogP contribution in [0.25, 0.3) is 0 Å². The van der Waals surface area contributed by atoms with Gasteiger partial charge in [-0.2, -0.15) is 13.2 Å². The Bertz CT molecular complexity index is 421. The minimum atomic E-state index is -4.37. The Morgan fingerprint density at radius 2 is 1.95 bits per heavy atom. The molecule has 0 aliphatic heterocycles. The number of hydrogen-bond donors (Lipinski definition) is 1. The van der Waals surface area contributed by atoms with Crippen LogP contribution in [0.3, 0.4) is 0 Å². The van der Waals surface area contributed by atoms with Crippen molar-refractivity contribution < 1.29 is 17.9 Å². The van der Waals surface area contributed by atoms with E-state index in [0.29, 0.717) is 26.3 Å². The van der Waals surface area contributed by atoms with E-state index in [4.69, 9.17) is 10.5 Å². The van der Waals surface area contributed by atoms with Crippen molar-refractivity contribution in [3.05, 3.63) is 29.3 Å². The predicted molar refractivity (Wildman–Crippen MR) is 73.7 cm³/mol. The smallest absolute Gasteiger partial charge is 0.380 e. The van der Waals surface area contributed by atoms with E-state index >= 15 is 0 Å². The maximum absolute atomic E-state index is 12.8. The number of likely N-dealkylation sites (N-methyl/N-ethyl adjacent to an activating group) is 1. The second kappa shape index (κ2) is 7.50. The number of ether oxygens (including phenoxy) is 1. The summed E-state index contributed by atoms with van der Waals surface area (Å²) in [6.07, 6.45) is -4.37. The zero-order valence-corrected chi connectivity index (χ0v) is 11.8. The lowest BCUT2D eigenvalue weighted by Gasteiger charge is -2.24. The zero-order valence-electron chi connectivity index (χ0n) is 11.8. The molecule has 3 nitrogen and oxygen atoms in total. The molecule has 0 radical (unpaired) electrons. The van der Waals surface area contributed by atoms with Crippen LogP contribution in [0, 0.1) is 0 Å². The first kappa shape index (κ1) is 16.8. The molecule has 0 aromatic heterocycles. The van der Waals surface area contributed by atoms with E-state index in [2.05, 4.69) is 0 Å². The van der Waals surface area contributed by atoms with Gasteiger partial charge in [0.05, 0.1) is 12.2 Å². The van der Waals surface area contributed by atoms with Crippen molar-refractivity contribution in [2.45, 2.75) is 26.6 Å². The summed E-state index contributed by atoms with van der Waals surface area (Å²) in [5.41, 5.74) is 5.63. The summed E-state index contributed by atoms with van der Waals surface area (Å²) in [4.78, 5) is 1.97. The van der Waals surface area contributed by atoms with Crippen LogP contribution in [0.5, 0.6) is 0 Å². The standard InChI is InChI=1S/C14H21F3N2O/c1-3-19(7-8-20-4-2)12-5-6-13(14(15,16)17)11(9-12)10-18/h5-6,9H,3-4,7-8,10,18H2,1-2H3. The van der Waals surface area contributed by atoms with Gasteiger partial charge >= 0.3 is 6.18 Å². The minimum absolute atomic E-state index is 0.116. The van der Waals surface area contributed by atoms with Crippen molar-refractivity contribution in [1.29, 1.82) is 0 Å². The summed E-state index contributed by atoms with van der Waals surface area (Å²) in [5.74, 6) is 0. The van der Waals surface area contributed by atoms with Crippen LogP contribution in [-0.4, -0.2) is 26.3 Å². The molecule has 0 unspecified atom stereocenters. The van der Waals surface area contributed by atoms with Crippen LogP contribution >= 0.6 is 0 Å². The monoisotopic (exact) mass is 290 g/mol. The highest BCUT2D eigenvalue weighted by Gasteiger charge is 2.33. The van der Waals surface area contributed by atoms with Gasteiger partial charge in [0.1, 0.15) is 0 Å². The Kier molecular flexibility index (Phi) is 6.29. The summed E-state index contributed by atoms with van der Waals surface area (Å²) in [5, 5.41) is 0. The lowest BCUT2D eigenvalue weighted by atomic mass is 10.1. The van der Waals surface area contributed by atoms with E-state index in [-0.39, 0.29) is 12.1 Å². The molecular formula is C14H21F3N2O. The quantitative estimate of drug-likeness (QED) is 0.784. The largest absolute Gasteiger partial charge is 0.416 e. The summed E-state index contributed by atoms with van der Waals surface area (Å²) < 4.78 is 43.7. The number of nitrogens with zero attached hydrogens (tertiary/aromatic N) is 1. The molecule has 20 heavy (non-hydrogen) atoms. The van der Waals surface area contributed by atoms with Crippen molar-refractivity contribution in [1.82, 2.24) is 0 Å². The second-order valence-electron chi connectivity index (χ2n) is 4.32. The van der Waals surface area contributed by atoms with E-state index in [9.17, 15) is 13.2 Å². The first-order chi connectivity index (χ1) is 9.43. The SMILES string of the molecule is CCOCCN(CC)c1ccc(C(F)(F)F)c(CN)c1. The molecule has 1 aromatic carbocycles. The van der Waals surface area contributed by atoms with Gasteiger partial charge in [0.25, 0.3) is 0 Å². The third kappa shape index (κ3) is 4.38. The molecule has 0 saturated heterocycles. The van der Waals surface area contributed by atoms with E-state index in [1.54, 1.807) is 0 Å². The molecule has 0 saturated carbocycles. The number of rotatable bonds is 7. The highest BCUT2D eigenvalue weighted by molar-refractivity contribution is 5.51. The molecule has 1 aromatic rings. The number of hydrogen-bond acceptors (Lipinski definition) is 3. The van der Waals surface area contributed by atoms with E-state index in [0.717, 1.165) is 11.8 Å². The average molecular weight is 290 g/mol. The highest BCUT2D eigenvalue weighted by atomic mass is 19.4. The minimum Gasteiger partial charge on any atom is -0.380 e. The third-order valence-electron chi connectivity index (χ3n) is 3.07. The predicted octanol–water partition coefficient (Wildman–Crippen LogP) is 3.03. The van der Waals surface area contributed by atoms with Gasteiger partial charge < -0.3 is 15.4 Å². The number of benzene rings is 1. The highest BCUT2D eigenvalue weighted by Crippen LogP contribution is 2.33. The number of nitrogens with two attached hydrogens (primary N) is 1. The zero-order chi connectivity index (χ0) is 15.2. The number of halogens is 3. The van der Waals surface area contributed by atoms with Crippen LogP contribution in [-0.2, 0) is 17.5 Å². The molecule has 0 heterocycles. The number of alkyl halides is 3. The molecule has 1 rings (SSSR count). The molecule has 2 N–H and O–H groups in total. The molecule has 0 atom stereocenters. The van der Waals surface area contributed by atoms with Crippen LogP contribution in [0.4, 0.5) is 18.9 Å². The Hall–Kier alpha value is -1.27. The van der Waals surface area contributed by atoms with Gasteiger partial charge in [-0.15, -0.1) is 0 Å². The fraction of sp³-hybridized carbons (Fsp3) is 0.571. The van der Waals surface area contributed by atoms with Gasteiger partial charge in [-0.05, 0) is 37.6 Å². The summed E-state index contributed by atoms with van der Waals surface area (Å²) in [6, 6.07) is 4.09.